The Morgan fingerprint density at radius 1 is 0.296 bits per heavy atom. The van der Waals surface area contributed by atoms with Gasteiger partial charge in [0.25, 0.3) is 0 Å². The van der Waals surface area contributed by atoms with E-state index in [4.69, 9.17) is 4.98 Å². The average molecular weight is 688 g/mol. The molecule has 0 aliphatic carbocycles. The lowest BCUT2D eigenvalue weighted by Gasteiger charge is -2.14. The molecule has 3 nitrogen and oxygen atoms in total. The first-order chi connectivity index (χ1) is 26.8. The number of pyridine rings is 1. The van der Waals surface area contributed by atoms with Crippen molar-refractivity contribution >= 4 is 54.4 Å². The third kappa shape index (κ3) is 4.79. The molecule has 0 fully saturated rings. The molecule has 0 bridgehead atoms. The van der Waals surface area contributed by atoms with E-state index in [0.717, 1.165) is 39.3 Å². The number of nitrogens with zero attached hydrogens (tertiary/aromatic N) is 3. The second kappa shape index (κ2) is 12.2. The average Bonchev–Trinajstić information content (AvgIpc) is 3.75. The number of rotatable bonds is 5. The Hall–Kier alpha value is -7.23. The van der Waals surface area contributed by atoms with Gasteiger partial charge < -0.3 is 9.13 Å². The standard InChI is InChI=1S/C51H33N3/c1-4-15-34(16-5-1)45-30-38(31-46(52-45)35-17-6-2-7-18-35)36-27-28-40-37(29-36)19-14-26-47(40)54-49-25-13-11-23-42(49)44-32-50-43(33-51(44)54)41-22-10-12-24-48(41)53(50)39-20-8-3-9-21-39/h1-33H. The lowest BCUT2D eigenvalue weighted by molar-refractivity contribution is 1.18. The molecule has 3 heteroatoms. The Balaban J connectivity index is 1.13. The molecule has 8 aromatic carbocycles. The predicted molar refractivity (Wildman–Crippen MR) is 227 cm³/mol. The minimum absolute atomic E-state index is 0.964. The maximum atomic E-state index is 5.12. The quantitative estimate of drug-likeness (QED) is 0.177. The molecule has 0 N–H and O–H groups in total. The topological polar surface area (TPSA) is 22.8 Å². The number of aromatic nitrogens is 3. The largest absolute Gasteiger partial charge is 0.309 e. The van der Waals surface area contributed by atoms with Gasteiger partial charge in [-0.05, 0) is 77.2 Å². The number of hydrogen-bond acceptors (Lipinski definition) is 1. The summed E-state index contributed by atoms with van der Waals surface area (Å²) in [6.07, 6.45) is 0. The van der Waals surface area contributed by atoms with E-state index >= 15 is 0 Å². The summed E-state index contributed by atoms with van der Waals surface area (Å²) in [7, 11) is 0. The zero-order valence-electron chi connectivity index (χ0n) is 29.4. The van der Waals surface area contributed by atoms with Crippen LogP contribution in [0.2, 0.25) is 0 Å². The Labute approximate surface area is 312 Å². The summed E-state index contributed by atoms with van der Waals surface area (Å²) in [5.74, 6) is 0. The molecule has 0 unspecified atom stereocenters. The van der Waals surface area contributed by atoms with Gasteiger partial charge in [0, 0.05) is 43.7 Å². The molecular weight excluding hydrogens is 655 g/mol. The molecular formula is C51H33N3. The van der Waals surface area contributed by atoms with Crippen LogP contribution in [0, 0.1) is 0 Å². The molecule has 0 atom stereocenters. The molecule has 11 aromatic rings. The summed E-state index contributed by atoms with van der Waals surface area (Å²) >= 11 is 0. The minimum atomic E-state index is 0.964. The zero-order valence-corrected chi connectivity index (χ0v) is 29.4. The molecule has 0 amide bonds. The van der Waals surface area contributed by atoms with E-state index < -0.39 is 0 Å². The zero-order chi connectivity index (χ0) is 35.6. The van der Waals surface area contributed by atoms with E-state index in [1.54, 1.807) is 0 Å². The Kier molecular flexibility index (Phi) is 6.86. The van der Waals surface area contributed by atoms with E-state index in [1.807, 2.05) is 0 Å². The fourth-order valence-electron chi connectivity index (χ4n) is 8.40. The first kappa shape index (κ1) is 30.4. The first-order valence-corrected chi connectivity index (χ1v) is 18.5. The Bertz CT molecular complexity index is 3130. The molecule has 0 aliphatic rings. The summed E-state index contributed by atoms with van der Waals surface area (Å²) in [5.41, 5.74) is 13.6. The van der Waals surface area contributed by atoms with Crippen molar-refractivity contribution in [3.05, 3.63) is 200 Å². The molecule has 0 radical (unpaired) electrons. The van der Waals surface area contributed by atoms with Crippen molar-refractivity contribution in [2.45, 2.75) is 0 Å². The van der Waals surface area contributed by atoms with Crippen molar-refractivity contribution in [2.24, 2.45) is 0 Å². The van der Waals surface area contributed by atoms with Gasteiger partial charge in [0.1, 0.15) is 0 Å². The van der Waals surface area contributed by atoms with E-state index in [1.165, 1.54) is 60.1 Å². The molecule has 0 saturated carbocycles. The van der Waals surface area contributed by atoms with Crippen molar-refractivity contribution in [3.63, 3.8) is 0 Å². The van der Waals surface area contributed by atoms with Gasteiger partial charge in [-0.3, -0.25) is 0 Å². The highest BCUT2D eigenvalue weighted by atomic mass is 15.0. The highest BCUT2D eigenvalue weighted by molar-refractivity contribution is 6.19. The normalized spacial score (nSPS) is 11.7. The van der Waals surface area contributed by atoms with Gasteiger partial charge in [0.2, 0.25) is 0 Å². The number of fused-ring (bicyclic) bond motifs is 7. The summed E-state index contributed by atoms with van der Waals surface area (Å²) < 4.78 is 4.87. The highest BCUT2D eigenvalue weighted by Gasteiger charge is 2.19. The number of para-hydroxylation sites is 3. The van der Waals surface area contributed by atoms with Gasteiger partial charge in [-0.2, -0.15) is 0 Å². The molecule has 0 saturated heterocycles. The van der Waals surface area contributed by atoms with Crippen LogP contribution in [0.1, 0.15) is 0 Å². The fraction of sp³-hybridized carbons (Fsp3) is 0. The van der Waals surface area contributed by atoms with E-state index in [0.29, 0.717) is 0 Å². The van der Waals surface area contributed by atoms with Crippen LogP contribution in [0.3, 0.4) is 0 Å². The molecule has 54 heavy (non-hydrogen) atoms. The van der Waals surface area contributed by atoms with Crippen LogP contribution >= 0.6 is 0 Å². The first-order valence-electron chi connectivity index (χ1n) is 18.5. The van der Waals surface area contributed by atoms with Crippen molar-refractivity contribution in [1.29, 1.82) is 0 Å². The van der Waals surface area contributed by atoms with Gasteiger partial charge in [-0.1, -0.05) is 140 Å². The third-order valence-corrected chi connectivity index (χ3v) is 10.9. The van der Waals surface area contributed by atoms with Crippen molar-refractivity contribution in [1.82, 2.24) is 14.1 Å². The molecule has 3 heterocycles. The molecule has 11 rings (SSSR count). The van der Waals surface area contributed by atoms with Crippen LogP contribution in [-0.4, -0.2) is 14.1 Å². The van der Waals surface area contributed by atoms with Gasteiger partial charge >= 0.3 is 0 Å². The maximum Gasteiger partial charge on any atom is 0.0715 e. The summed E-state index contributed by atoms with van der Waals surface area (Å²) in [4.78, 5) is 5.12. The minimum Gasteiger partial charge on any atom is -0.309 e. The number of benzene rings is 8. The van der Waals surface area contributed by atoms with Gasteiger partial charge in [-0.25, -0.2) is 4.98 Å². The van der Waals surface area contributed by atoms with Crippen LogP contribution in [0.15, 0.2) is 200 Å². The Morgan fingerprint density at radius 3 is 1.46 bits per heavy atom. The van der Waals surface area contributed by atoms with Crippen LogP contribution < -0.4 is 0 Å². The second-order valence-corrected chi connectivity index (χ2v) is 14.0. The smallest absolute Gasteiger partial charge is 0.0715 e. The highest BCUT2D eigenvalue weighted by Crippen LogP contribution is 2.41. The van der Waals surface area contributed by atoms with Gasteiger partial charge in [0.05, 0.1) is 39.1 Å². The second-order valence-electron chi connectivity index (χ2n) is 14.0. The lowest BCUT2D eigenvalue weighted by atomic mass is 9.97. The SMILES string of the molecule is c1ccc(-c2cc(-c3ccc4c(-n5c6ccccc6c6cc7c(cc65)c5ccccc5n7-c5ccccc5)cccc4c3)cc(-c3ccccc3)n2)cc1. The molecule has 0 spiro atoms. The van der Waals surface area contributed by atoms with E-state index in [2.05, 4.69) is 209 Å². The fourth-order valence-corrected chi connectivity index (χ4v) is 8.40. The third-order valence-electron chi connectivity index (χ3n) is 10.9. The van der Waals surface area contributed by atoms with Crippen LogP contribution in [0.4, 0.5) is 0 Å². The molecule has 3 aromatic heterocycles. The predicted octanol–water partition coefficient (Wildman–Crippen LogP) is 13.4. The van der Waals surface area contributed by atoms with Crippen molar-refractivity contribution in [3.8, 4) is 45.0 Å². The van der Waals surface area contributed by atoms with Crippen LogP contribution in [0.5, 0.6) is 0 Å². The Morgan fingerprint density at radius 2 is 0.833 bits per heavy atom. The summed E-state index contributed by atoms with van der Waals surface area (Å²) in [5, 5.41) is 7.37. The van der Waals surface area contributed by atoms with Crippen LogP contribution in [0.25, 0.3) is 99.4 Å². The summed E-state index contributed by atoms with van der Waals surface area (Å²) in [6.45, 7) is 0. The van der Waals surface area contributed by atoms with Gasteiger partial charge in [-0.15, -0.1) is 0 Å². The van der Waals surface area contributed by atoms with Crippen molar-refractivity contribution < 1.29 is 0 Å². The lowest BCUT2D eigenvalue weighted by Crippen LogP contribution is -1.96. The van der Waals surface area contributed by atoms with E-state index in [9.17, 15) is 0 Å². The number of hydrogen-bond donors (Lipinski definition) is 0. The van der Waals surface area contributed by atoms with Gasteiger partial charge in [0.15, 0.2) is 0 Å². The summed E-state index contributed by atoms with van der Waals surface area (Å²) in [6, 6.07) is 72.0. The molecule has 252 valence electrons. The molecule has 0 aliphatic heterocycles. The van der Waals surface area contributed by atoms with Crippen LogP contribution in [-0.2, 0) is 0 Å². The monoisotopic (exact) mass is 687 g/mol. The van der Waals surface area contributed by atoms with E-state index in [-0.39, 0.29) is 0 Å². The maximum absolute atomic E-state index is 5.12. The van der Waals surface area contributed by atoms with Crippen molar-refractivity contribution in [2.75, 3.05) is 0 Å².